The molecule has 0 saturated heterocycles. The van der Waals surface area contributed by atoms with Gasteiger partial charge in [-0.15, -0.1) is 0 Å². The molecule has 0 aliphatic heterocycles. The largest absolute Gasteiger partial charge is 0.478 e. The number of benzene rings is 2. The second-order valence-electron chi connectivity index (χ2n) is 6.29. The molecule has 0 aliphatic carbocycles. The Morgan fingerprint density at radius 3 is 2.39 bits per heavy atom. The number of nitro benzene ring substituents is 1. The molecule has 2 rings (SSSR count). The lowest BCUT2D eigenvalue weighted by molar-refractivity contribution is -0.385. The Hall–Kier alpha value is -3.49. The molecular weight excluding hydrogens is 371 g/mol. The molecule has 1 amide bonds. The topological polar surface area (TPSA) is 119 Å². The van der Waals surface area contributed by atoms with Crippen molar-refractivity contribution in [3.63, 3.8) is 0 Å². The van der Waals surface area contributed by atoms with Gasteiger partial charge in [-0.3, -0.25) is 14.9 Å². The molecule has 1 atom stereocenters. The van der Waals surface area contributed by atoms with Crippen LogP contribution in [0.1, 0.15) is 35.7 Å². The number of carbonyl (C=O) groups is 2. The molecule has 0 saturated carbocycles. The van der Waals surface area contributed by atoms with Crippen molar-refractivity contribution in [2.24, 2.45) is 0 Å². The Morgan fingerprint density at radius 2 is 1.86 bits per heavy atom. The number of nitro groups is 1. The summed E-state index contributed by atoms with van der Waals surface area (Å²) in [6, 6.07) is 8.85. The predicted octanol–water partition coefficient (Wildman–Crippen LogP) is 3.12. The third-order valence-corrected chi connectivity index (χ3v) is 3.93. The van der Waals surface area contributed by atoms with Gasteiger partial charge < -0.3 is 15.2 Å². The normalized spacial score (nSPS) is 11.7. The standard InChI is InChI=1S/C19H19FN2O6/c1-11(2)15-8-3-12(9-16(15)22(26)27)18(23)21-10-17(19(24)25)28-14-6-4-13(20)5-7-14/h3-9,11,17H,10H2,1-2H3,(H,21,23)(H,24,25). The molecule has 2 aromatic rings. The van der Waals surface area contributed by atoms with Gasteiger partial charge in [-0.05, 0) is 36.2 Å². The maximum Gasteiger partial charge on any atom is 0.346 e. The summed E-state index contributed by atoms with van der Waals surface area (Å²) in [5.74, 6) is -2.48. The number of hydrogen-bond donors (Lipinski definition) is 2. The number of nitrogens with one attached hydrogen (secondary N) is 1. The number of carbonyl (C=O) groups excluding carboxylic acids is 1. The van der Waals surface area contributed by atoms with E-state index in [1.165, 1.54) is 24.3 Å². The number of halogens is 1. The van der Waals surface area contributed by atoms with Crippen molar-refractivity contribution in [1.82, 2.24) is 5.32 Å². The maximum atomic E-state index is 12.9. The van der Waals surface area contributed by atoms with Crippen LogP contribution in [0.15, 0.2) is 42.5 Å². The summed E-state index contributed by atoms with van der Waals surface area (Å²) in [5.41, 5.74) is 0.339. The molecule has 0 fully saturated rings. The lowest BCUT2D eigenvalue weighted by Gasteiger charge is -2.16. The zero-order valence-corrected chi connectivity index (χ0v) is 15.2. The van der Waals surface area contributed by atoms with Crippen molar-refractivity contribution in [3.05, 3.63) is 69.5 Å². The molecule has 28 heavy (non-hydrogen) atoms. The number of hydrogen-bond acceptors (Lipinski definition) is 5. The van der Waals surface area contributed by atoms with Gasteiger partial charge in [0.05, 0.1) is 11.5 Å². The van der Waals surface area contributed by atoms with Gasteiger partial charge in [-0.1, -0.05) is 19.9 Å². The highest BCUT2D eigenvalue weighted by Gasteiger charge is 2.23. The van der Waals surface area contributed by atoms with Gasteiger partial charge in [0.2, 0.25) is 6.10 Å². The van der Waals surface area contributed by atoms with Crippen LogP contribution in [0.5, 0.6) is 5.75 Å². The van der Waals surface area contributed by atoms with E-state index in [-0.39, 0.29) is 29.5 Å². The zero-order chi connectivity index (χ0) is 20.8. The summed E-state index contributed by atoms with van der Waals surface area (Å²) in [7, 11) is 0. The highest BCUT2D eigenvalue weighted by molar-refractivity contribution is 5.95. The van der Waals surface area contributed by atoms with E-state index in [1.54, 1.807) is 13.8 Å². The Kier molecular flexibility index (Phi) is 6.64. The lowest BCUT2D eigenvalue weighted by Crippen LogP contribution is -2.40. The van der Waals surface area contributed by atoms with Crippen LogP contribution in [0.2, 0.25) is 0 Å². The van der Waals surface area contributed by atoms with Crippen molar-refractivity contribution in [1.29, 1.82) is 0 Å². The summed E-state index contributed by atoms with van der Waals surface area (Å²) in [6.07, 6.45) is -1.42. The Balaban J connectivity index is 2.10. The number of nitrogens with zero attached hydrogens (tertiary/aromatic N) is 1. The summed E-state index contributed by atoms with van der Waals surface area (Å²) < 4.78 is 18.2. The highest BCUT2D eigenvalue weighted by atomic mass is 19.1. The van der Waals surface area contributed by atoms with E-state index in [1.807, 2.05) is 0 Å². The monoisotopic (exact) mass is 390 g/mol. The molecule has 9 heteroatoms. The van der Waals surface area contributed by atoms with Gasteiger partial charge in [-0.25, -0.2) is 9.18 Å². The van der Waals surface area contributed by atoms with Gasteiger partial charge >= 0.3 is 5.97 Å². The van der Waals surface area contributed by atoms with Gasteiger partial charge in [0.1, 0.15) is 11.6 Å². The molecule has 2 aromatic carbocycles. The first kappa shape index (κ1) is 20.8. The first-order valence-electron chi connectivity index (χ1n) is 8.40. The fourth-order valence-corrected chi connectivity index (χ4v) is 2.48. The Labute approximate surface area is 160 Å². The highest BCUT2D eigenvalue weighted by Crippen LogP contribution is 2.27. The van der Waals surface area contributed by atoms with E-state index in [0.717, 1.165) is 18.2 Å². The fraction of sp³-hybridized carbons (Fsp3) is 0.263. The van der Waals surface area contributed by atoms with E-state index in [4.69, 9.17) is 4.74 Å². The third-order valence-electron chi connectivity index (χ3n) is 3.93. The smallest absolute Gasteiger partial charge is 0.346 e. The van der Waals surface area contributed by atoms with E-state index in [2.05, 4.69) is 5.32 Å². The molecule has 0 aliphatic rings. The van der Waals surface area contributed by atoms with Crippen LogP contribution in [0, 0.1) is 15.9 Å². The molecular formula is C19H19FN2O6. The lowest BCUT2D eigenvalue weighted by atomic mass is 9.99. The molecule has 8 nitrogen and oxygen atoms in total. The Bertz CT molecular complexity index is 882. The van der Waals surface area contributed by atoms with Crippen molar-refractivity contribution in [2.45, 2.75) is 25.9 Å². The van der Waals surface area contributed by atoms with Crippen LogP contribution >= 0.6 is 0 Å². The van der Waals surface area contributed by atoms with Crippen LogP contribution in [0.4, 0.5) is 10.1 Å². The van der Waals surface area contributed by atoms with Crippen molar-refractivity contribution >= 4 is 17.6 Å². The first-order chi connectivity index (χ1) is 13.2. The SMILES string of the molecule is CC(C)c1ccc(C(=O)NCC(Oc2ccc(F)cc2)C(=O)O)cc1[N+](=O)[O-]. The summed E-state index contributed by atoms with van der Waals surface area (Å²) in [6.45, 7) is 3.21. The van der Waals surface area contributed by atoms with Gasteiger partial charge in [0.15, 0.2) is 0 Å². The quantitative estimate of drug-likeness (QED) is 0.528. The average Bonchev–Trinajstić information content (AvgIpc) is 2.65. The van der Waals surface area contributed by atoms with E-state index < -0.39 is 28.7 Å². The minimum atomic E-state index is -1.42. The minimum Gasteiger partial charge on any atom is -0.478 e. The predicted molar refractivity (Wildman–Crippen MR) is 98.0 cm³/mol. The maximum absolute atomic E-state index is 12.9. The Morgan fingerprint density at radius 1 is 1.21 bits per heavy atom. The average molecular weight is 390 g/mol. The van der Waals surface area contributed by atoms with Crippen molar-refractivity contribution in [2.75, 3.05) is 6.54 Å². The summed E-state index contributed by atoms with van der Waals surface area (Å²) >= 11 is 0. The zero-order valence-electron chi connectivity index (χ0n) is 15.2. The molecule has 2 N–H and O–H groups in total. The van der Waals surface area contributed by atoms with E-state index >= 15 is 0 Å². The van der Waals surface area contributed by atoms with Crippen LogP contribution < -0.4 is 10.1 Å². The molecule has 0 bridgehead atoms. The first-order valence-corrected chi connectivity index (χ1v) is 8.40. The molecule has 0 radical (unpaired) electrons. The number of rotatable bonds is 8. The molecule has 148 valence electrons. The molecule has 0 spiro atoms. The van der Waals surface area contributed by atoms with E-state index in [0.29, 0.717) is 5.56 Å². The fourth-order valence-electron chi connectivity index (χ4n) is 2.48. The molecule has 1 unspecified atom stereocenters. The van der Waals surface area contributed by atoms with Gasteiger partial charge in [0.25, 0.3) is 11.6 Å². The van der Waals surface area contributed by atoms with Crippen LogP contribution in [-0.4, -0.2) is 34.6 Å². The van der Waals surface area contributed by atoms with Crippen molar-refractivity contribution in [3.8, 4) is 5.75 Å². The van der Waals surface area contributed by atoms with E-state index in [9.17, 15) is 29.2 Å². The number of carboxylic acids is 1. The van der Waals surface area contributed by atoms with Gasteiger partial charge in [0, 0.05) is 17.2 Å². The minimum absolute atomic E-state index is 0.0296. The molecule has 0 aromatic heterocycles. The third kappa shape index (κ3) is 5.26. The number of amides is 1. The van der Waals surface area contributed by atoms with Crippen LogP contribution in [0.25, 0.3) is 0 Å². The number of ether oxygens (including phenoxy) is 1. The van der Waals surface area contributed by atoms with Gasteiger partial charge in [-0.2, -0.15) is 0 Å². The van der Waals surface area contributed by atoms with Crippen molar-refractivity contribution < 1.29 is 28.7 Å². The number of carboxylic acid groups (broad SMARTS) is 1. The van der Waals surface area contributed by atoms with Crippen LogP contribution in [-0.2, 0) is 4.79 Å². The second-order valence-corrected chi connectivity index (χ2v) is 6.29. The number of aliphatic carboxylic acids is 1. The van der Waals surface area contributed by atoms with Crippen LogP contribution in [0.3, 0.4) is 0 Å². The summed E-state index contributed by atoms with van der Waals surface area (Å²) in [5, 5.41) is 22.9. The molecule has 0 heterocycles. The summed E-state index contributed by atoms with van der Waals surface area (Å²) in [4.78, 5) is 34.3. The second kappa shape index (κ2) is 8.94.